The van der Waals surface area contributed by atoms with Crippen LogP contribution in [0.4, 0.5) is 0 Å². The van der Waals surface area contributed by atoms with Crippen LogP contribution in [-0.2, 0) is 4.79 Å². The Morgan fingerprint density at radius 3 is 2.59 bits per heavy atom. The molecule has 0 aromatic carbocycles. The minimum atomic E-state index is 0.257. The minimum Gasteiger partial charge on any atom is -0.342 e. The van der Waals surface area contributed by atoms with Crippen LogP contribution in [0.3, 0.4) is 0 Å². The van der Waals surface area contributed by atoms with Gasteiger partial charge in [0, 0.05) is 25.0 Å². The van der Waals surface area contributed by atoms with Crippen LogP contribution >= 0.6 is 0 Å². The third-order valence-corrected chi connectivity index (χ3v) is 5.28. The molecule has 4 unspecified atom stereocenters. The van der Waals surface area contributed by atoms with E-state index in [-0.39, 0.29) is 5.41 Å². The summed E-state index contributed by atoms with van der Waals surface area (Å²) in [5, 5.41) is 0. The van der Waals surface area contributed by atoms with Crippen LogP contribution in [0.2, 0.25) is 0 Å². The second-order valence-electron chi connectivity index (χ2n) is 7.01. The first-order valence-electron chi connectivity index (χ1n) is 7.03. The summed E-state index contributed by atoms with van der Waals surface area (Å²) >= 11 is 0. The fourth-order valence-corrected chi connectivity index (χ4v) is 3.81. The van der Waals surface area contributed by atoms with Gasteiger partial charge in [0.15, 0.2) is 0 Å². The summed E-state index contributed by atoms with van der Waals surface area (Å²) < 4.78 is 0. The third-order valence-electron chi connectivity index (χ3n) is 5.28. The Morgan fingerprint density at radius 1 is 1.29 bits per heavy atom. The lowest BCUT2D eigenvalue weighted by molar-refractivity contribution is -0.132. The first kappa shape index (κ1) is 11.5. The van der Waals surface area contributed by atoms with Crippen molar-refractivity contribution < 1.29 is 4.79 Å². The maximum absolute atomic E-state index is 12.4. The average molecular weight is 236 g/mol. The van der Waals surface area contributed by atoms with Crippen molar-refractivity contribution in [3.8, 4) is 0 Å². The molecule has 4 atom stereocenters. The molecule has 0 bridgehead atoms. The summed E-state index contributed by atoms with van der Waals surface area (Å²) in [7, 11) is 0. The van der Waals surface area contributed by atoms with Crippen molar-refractivity contribution in [2.24, 2.45) is 28.9 Å². The highest BCUT2D eigenvalue weighted by atomic mass is 16.2. The van der Waals surface area contributed by atoms with Crippen LogP contribution in [0.25, 0.3) is 0 Å². The summed E-state index contributed by atoms with van der Waals surface area (Å²) in [6, 6.07) is 0.332. The molecule has 2 saturated carbocycles. The van der Waals surface area contributed by atoms with Gasteiger partial charge in [0.1, 0.15) is 0 Å². The van der Waals surface area contributed by atoms with Gasteiger partial charge < -0.3 is 10.6 Å². The molecule has 0 radical (unpaired) electrons. The minimum absolute atomic E-state index is 0.257. The van der Waals surface area contributed by atoms with Gasteiger partial charge in [-0.25, -0.2) is 0 Å². The Bertz CT molecular complexity index is 339. The van der Waals surface area contributed by atoms with E-state index in [0.29, 0.717) is 29.7 Å². The number of hydrogen-bond donors (Lipinski definition) is 1. The van der Waals surface area contributed by atoms with Crippen LogP contribution in [0.1, 0.15) is 39.5 Å². The van der Waals surface area contributed by atoms with E-state index in [9.17, 15) is 4.79 Å². The topological polar surface area (TPSA) is 46.3 Å². The predicted octanol–water partition coefficient (Wildman–Crippen LogP) is 1.62. The molecule has 2 N–H and O–H groups in total. The summed E-state index contributed by atoms with van der Waals surface area (Å²) in [6.45, 7) is 6.30. The van der Waals surface area contributed by atoms with Crippen molar-refractivity contribution in [3.63, 3.8) is 0 Å². The molecule has 17 heavy (non-hydrogen) atoms. The van der Waals surface area contributed by atoms with Gasteiger partial charge in [-0.15, -0.1) is 0 Å². The number of hydrogen-bond acceptors (Lipinski definition) is 2. The standard InChI is InChI=1S/C14H24N2O/c1-14(2)6-11(14)13(17)16-7-9-4-3-5-12(15)10(9)8-16/h9-12H,3-8,15H2,1-2H3. The van der Waals surface area contributed by atoms with Crippen molar-refractivity contribution >= 4 is 5.91 Å². The van der Waals surface area contributed by atoms with Gasteiger partial charge in [-0.05, 0) is 36.5 Å². The molecule has 3 aliphatic rings. The highest BCUT2D eigenvalue weighted by Crippen LogP contribution is 2.53. The SMILES string of the molecule is CC1(C)CC1C(=O)N1CC2CCCC(N)C2C1. The largest absolute Gasteiger partial charge is 0.342 e. The lowest BCUT2D eigenvalue weighted by atomic mass is 9.78. The summed E-state index contributed by atoms with van der Waals surface area (Å²) in [4.78, 5) is 14.5. The molecule has 1 aliphatic heterocycles. The molecule has 2 aliphatic carbocycles. The number of carbonyl (C=O) groups is 1. The van der Waals surface area contributed by atoms with Gasteiger partial charge in [0.25, 0.3) is 0 Å². The van der Waals surface area contributed by atoms with Crippen molar-refractivity contribution in [2.75, 3.05) is 13.1 Å². The van der Waals surface area contributed by atoms with E-state index < -0.39 is 0 Å². The van der Waals surface area contributed by atoms with E-state index in [1.807, 2.05) is 0 Å². The molecular weight excluding hydrogens is 212 g/mol. The molecule has 0 aromatic heterocycles. The molecule has 3 fully saturated rings. The molecule has 3 rings (SSSR count). The maximum atomic E-state index is 12.4. The average Bonchev–Trinajstić information content (AvgIpc) is 2.75. The Hall–Kier alpha value is -0.570. The maximum Gasteiger partial charge on any atom is 0.226 e. The van der Waals surface area contributed by atoms with E-state index in [2.05, 4.69) is 18.7 Å². The van der Waals surface area contributed by atoms with Crippen LogP contribution in [0.5, 0.6) is 0 Å². The number of carbonyl (C=O) groups excluding carboxylic acids is 1. The number of likely N-dealkylation sites (tertiary alicyclic amines) is 1. The Balaban J connectivity index is 1.65. The molecule has 0 aromatic rings. The normalized spacial score (nSPS) is 43.4. The van der Waals surface area contributed by atoms with Crippen LogP contribution < -0.4 is 5.73 Å². The molecule has 0 spiro atoms. The van der Waals surface area contributed by atoms with Gasteiger partial charge in [-0.1, -0.05) is 20.3 Å². The Morgan fingerprint density at radius 2 is 2.00 bits per heavy atom. The van der Waals surface area contributed by atoms with Gasteiger partial charge in [-0.2, -0.15) is 0 Å². The molecule has 1 heterocycles. The highest BCUT2D eigenvalue weighted by Gasteiger charge is 2.53. The van der Waals surface area contributed by atoms with Crippen molar-refractivity contribution in [1.29, 1.82) is 0 Å². The van der Waals surface area contributed by atoms with Crippen molar-refractivity contribution in [3.05, 3.63) is 0 Å². The number of fused-ring (bicyclic) bond motifs is 1. The molecular formula is C14H24N2O. The second kappa shape index (κ2) is 3.71. The van der Waals surface area contributed by atoms with Crippen molar-refractivity contribution in [1.82, 2.24) is 4.90 Å². The summed E-state index contributed by atoms with van der Waals surface area (Å²) in [6.07, 6.45) is 4.75. The fraction of sp³-hybridized carbons (Fsp3) is 0.929. The van der Waals surface area contributed by atoms with Gasteiger partial charge in [0.05, 0.1) is 0 Å². The lowest BCUT2D eigenvalue weighted by Crippen LogP contribution is -2.38. The Labute approximate surface area is 104 Å². The second-order valence-corrected chi connectivity index (χ2v) is 7.01. The molecule has 1 saturated heterocycles. The van der Waals surface area contributed by atoms with Crippen LogP contribution in [-0.4, -0.2) is 29.9 Å². The van der Waals surface area contributed by atoms with Gasteiger partial charge >= 0.3 is 0 Å². The van der Waals surface area contributed by atoms with E-state index in [0.717, 1.165) is 25.9 Å². The molecule has 96 valence electrons. The first-order valence-corrected chi connectivity index (χ1v) is 7.03. The third kappa shape index (κ3) is 1.88. The first-order chi connectivity index (χ1) is 7.99. The monoisotopic (exact) mass is 236 g/mol. The number of rotatable bonds is 1. The lowest BCUT2D eigenvalue weighted by Gasteiger charge is -2.29. The molecule has 3 heteroatoms. The zero-order valence-electron chi connectivity index (χ0n) is 11.0. The van der Waals surface area contributed by atoms with Crippen LogP contribution in [0.15, 0.2) is 0 Å². The summed E-state index contributed by atoms with van der Waals surface area (Å²) in [5.41, 5.74) is 6.45. The smallest absolute Gasteiger partial charge is 0.226 e. The predicted molar refractivity (Wildman–Crippen MR) is 67.3 cm³/mol. The number of nitrogens with two attached hydrogens (primary N) is 1. The van der Waals surface area contributed by atoms with Gasteiger partial charge in [-0.3, -0.25) is 4.79 Å². The van der Waals surface area contributed by atoms with E-state index in [4.69, 9.17) is 5.73 Å². The van der Waals surface area contributed by atoms with E-state index in [1.54, 1.807) is 0 Å². The fourth-order valence-electron chi connectivity index (χ4n) is 3.81. The molecule has 3 nitrogen and oxygen atoms in total. The van der Waals surface area contributed by atoms with E-state index >= 15 is 0 Å². The number of nitrogens with zero attached hydrogens (tertiary/aromatic N) is 1. The van der Waals surface area contributed by atoms with Gasteiger partial charge in [0.2, 0.25) is 5.91 Å². The quantitative estimate of drug-likeness (QED) is 0.752. The van der Waals surface area contributed by atoms with Crippen LogP contribution in [0, 0.1) is 23.2 Å². The zero-order chi connectivity index (χ0) is 12.2. The van der Waals surface area contributed by atoms with Crippen molar-refractivity contribution in [2.45, 2.75) is 45.6 Å². The van der Waals surface area contributed by atoms with E-state index in [1.165, 1.54) is 12.8 Å². The molecule has 1 amide bonds. The summed E-state index contributed by atoms with van der Waals surface area (Å²) in [5.74, 6) is 1.95. The highest BCUT2D eigenvalue weighted by molar-refractivity contribution is 5.82. The zero-order valence-corrected chi connectivity index (χ0v) is 11.0. The number of amides is 1. The Kier molecular flexibility index (Phi) is 2.51.